The quantitative estimate of drug-likeness (QED) is 0.725. The molecule has 5 nitrogen and oxygen atoms in total. The van der Waals surface area contributed by atoms with Crippen molar-refractivity contribution in [2.24, 2.45) is 0 Å². The molecule has 0 aliphatic carbocycles. The minimum Gasteiger partial charge on any atom is -0.540 e. The van der Waals surface area contributed by atoms with Crippen LogP contribution >= 0.6 is 11.6 Å². The maximum atomic E-state index is 10.8. The number of carbonyl (C=O) groups excluding carboxylic acids is 2. The molecule has 0 heterocycles. The molecule has 0 aromatic heterocycles. The van der Waals surface area contributed by atoms with E-state index in [2.05, 4.69) is 5.32 Å². The first kappa shape index (κ1) is 11.3. The molecule has 1 amide bonds. The van der Waals surface area contributed by atoms with E-state index in [-0.39, 0.29) is 5.69 Å². The monoisotopic (exact) mass is 228 g/mol. The first-order chi connectivity index (χ1) is 7.04. The van der Waals surface area contributed by atoms with Crippen LogP contribution in [-0.4, -0.2) is 19.0 Å². The summed E-state index contributed by atoms with van der Waals surface area (Å²) in [4.78, 5) is 21.0. The Labute approximate surface area is 90.6 Å². The van der Waals surface area contributed by atoms with E-state index < -0.39 is 11.9 Å². The number of anilines is 1. The number of methoxy groups -OCH3 is 1. The fourth-order valence-electron chi connectivity index (χ4n) is 0.951. The Kier molecular flexibility index (Phi) is 3.51. The number of carbonyl (C=O) groups is 2. The topological polar surface area (TPSA) is 78.5 Å². The minimum absolute atomic E-state index is 0.180. The van der Waals surface area contributed by atoms with E-state index in [1.54, 1.807) is 6.07 Å². The number of hydrogen-bond donors (Lipinski definition) is 1. The van der Waals surface area contributed by atoms with Crippen molar-refractivity contribution >= 4 is 29.2 Å². The summed E-state index contributed by atoms with van der Waals surface area (Å²) in [6, 6.07) is 4.43. The van der Waals surface area contributed by atoms with Crippen molar-refractivity contribution in [1.82, 2.24) is 0 Å². The van der Waals surface area contributed by atoms with Crippen LogP contribution in [0.5, 0.6) is 5.75 Å². The first-order valence-electron chi connectivity index (χ1n) is 3.90. The van der Waals surface area contributed by atoms with Crippen molar-refractivity contribution < 1.29 is 19.4 Å². The largest absolute Gasteiger partial charge is 0.540 e. The summed E-state index contributed by atoms with van der Waals surface area (Å²) in [5.74, 6) is -2.76. The highest BCUT2D eigenvalue weighted by molar-refractivity contribution is 6.36. The van der Waals surface area contributed by atoms with Crippen LogP contribution < -0.4 is 15.2 Å². The fourth-order valence-corrected chi connectivity index (χ4v) is 1.12. The minimum atomic E-state index is -1.82. The van der Waals surface area contributed by atoms with Gasteiger partial charge in [-0.25, -0.2) is 0 Å². The number of hydrogen-bond acceptors (Lipinski definition) is 4. The third-order valence-electron chi connectivity index (χ3n) is 1.60. The number of nitrogens with one attached hydrogen (secondary N) is 1. The van der Waals surface area contributed by atoms with Crippen LogP contribution in [0.1, 0.15) is 0 Å². The first-order valence-corrected chi connectivity index (χ1v) is 4.28. The standard InChI is InChI=1S/C9H8ClNO4/c1-15-7-3-2-5(10)4-6(7)11-8(12)9(13)14/h2-4H,1H3,(H,11,12)(H,13,14)/p-1. The Morgan fingerprint density at radius 2 is 2.13 bits per heavy atom. The molecular formula is C9H7ClNO4-. The number of benzene rings is 1. The molecule has 6 heteroatoms. The lowest BCUT2D eigenvalue weighted by atomic mass is 10.3. The Morgan fingerprint density at radius 1 is 1.47 bits per heavy atom. The van der Waals surface area contributed by atoms with E-state index in [1.807, 2.05) is 0 Å². The van der Waals surface area contributed by atoms with Gasteiger partial charge in [0.25, 0.3) is 5.91 Å². The molecule has 1 aromatic carbocycles. The van der Waals surface area contributed by atoms with E-state index in [0.717, 1.165) is 0 Å². The van der Waals surface area contributed by atoms with Gasteiger partial charge in [-0.2, -0.15) is 0 Å². The molecule has 0 radical (unpaired) electrons. The number of halogens is 1. The average molecular weight is 229 g/mol. The molecule has 80 valence electrons. The maximum Gasteiger partial charge on any atom is 0.271 e. The van der Waals surface area contributed by atoms with E-state index in [4.69, 9.17) is 16.3 Å². The Hall–Kier alpha value is -1.75. The van der Waals surface area contributed by atoms with Crippen LogP contribution in [0.4, 0.5) is 5.69 Å². The molecule has 0 aliphatic heterocycles. The Morgan fingerprint density at radius 3 is 2.67 bits per heavy atom. The van der Waals surface area contributed by atoms with Crippen LogP contribution in [-0.2, 0) is 9.59 Å². The summed E-state index contributed by atoms with van der Waals surface area (Å²) >= 11 is 5.67. The van der Waals surface area contributed by atoms with Gasteiger partial charge in [0.05, 0.1) is 12.8 Å². The maximum absolute atomic E-state index is 10.8. The summed E-state index contributed by atoms with van der Waals surface area (Å²) in [5, 5.41) is 12.6. The second kappa shape index (κ2) is 4.65. The number of carboxylic acids is 1. The van der Waals surface area contributed by atoms with Gasteiger partial charge in [-0.3, -0.25) is 4.79 Å². The molecule has 0 unspecified atom stereocenters. The zero-order valence-corrected chi connectivity index (χ0v) is 8.50. The second-order valence-electron chi connectivity index (χ2n) is 2.59. The van der Waals surface area contributed by atoms with E-state index in [9.17, 15) is 14.7 Å². The van der Waals surface area contributed by atoms with E-state index in [0.29, 0.717) is 10.8 Å². The van der Waals surface area contributed by atoms with Crippen molar-refractivity contribution in [2.45, 2.75) is 0 Å². The van der Waals surface area contributed by atoms with Gasteiger partial charge < -0.3 is 20.0 Å². The van der Waals surface area contributed by atoms with Crippen molar-refractivity contribution in [2.75, 3.05) is 12.4 Å². The van der Waals surface area contributed by atoms with Crippen LogP contribution in [0.25, 0.3) is 0 Å². The van der Waals surface area contributed by atoms with Gasteiger partial charge in [0, 0.05) is 5.02 Å². The molecule has 0 atom stereocenters. The summed E-state index contributed by atoms with van der Waals surface area (Å²) in [6.07, 6.45) is 0. The SMILES string of the molecule is COc1ccc(Cl)cc1NC(=O)C(=O)[O-]. The molecule has 1 aromatic rings. The molecule has 0 fully saturated rings. The molecule has 1 N–H and O–H groups in total. The second-order valence-corrected chi connectivity index (χ2v) is 3.02. The Bertz CT molecular complexity index is 405. The zero-order valence-electron chi connectivity index (χ0n) is 7.74. The van der Waals surface area contributed by atoms with Crippen molar-refractivity contribution in [3.63, 3.8) is 0 Å². The highest BCUT2D eigenvalue weighted by atomic mass is 35.5. The summed E-state index contributed by atoms with van der Waals surface area (Å²) in [7, 11) is 1.39. The summed E-state index contributed by atoms with van der Waals surface area (Å²) < 4.78 is 4.89. The molecule has 0 aliphatic rings. The van der Waals surface area contributed by atoms with E-state index >= 15 is 0 Å². The number of ether oxygens (including phenoxy) is 1. The normalized spacial score (nSPS) is 9.47. The highest BCUT2D eigenvalue weighted by Gasteiger charge is 2.08. The smallest absolute Gasteiger partial charge is 0.271 e. The van der Waals surface area contributed by atoms with Crippen LogP contribution in [0, 0.1) is 0 Å². The highest BCUT2D eigenvalue weighted by Crippen LogP contribution is 2.27. The molecule has 0 spiro atoms. The predicted octanol–water partition coefficient (Wildman–Crippen LogP) is 0.0370. The lowest BCUT2D eigenvalue weighted by molar-refractivity contribution is -0.299. The van der Waals surface area contributed by atoms with Crippen LogP contribution in [0.3, 0.4) is 0 Å². The molecule has 0 saturated carbocycles. The van der Waals surface area contributed by atoms with Crippen LogP contribution in [0.2, 0.25) is 5.02 Å². The van der Waals surface area contributed by atoms with Crippen molar-refractivity contribution in [3.8, 4) is 5.75 Å². The predicted molar refractivity (Wildman–Crippen MR) is 51.6 cm³/mol. The number of rotatable bonds is 2. The fraction of sp³-hybridized carbons (Fsp3) is 0.111. The van der Waals surface area contributed by atoms with Gasteiger partial charge in [-0.15, -0.1) is 0 Å². The molecule has 0 bridgehead atoms. The number of carboxylic acid groups (broad SMARTS) is 1. The lowest BCUT2D eigenvalue weighted by Crippen LogP contribution is -2.36. The van der Waals surface area contributed by atoms with E-state index in [1.165, 1.54) is 19.2 Å². The molecular weight excluding hydrogens is 222 g/mol. The molecule has 0 saturated heterocycles. The molecule has 1 rings (SSSR count). The van der Waals surface area contributed by atoms with Crippen molar-refractivity contribution in [1.29, 1.82) is 0 Å². The summed E-state index contributed by atoms with van der Waals surface area (Å²) in [6.45, 7) is 0. The van der Waals surface area contributed by atoms with Gasteiger partial charge in [0.1, 0.15) is 11.7 Å². The average Bonchev–Trinajstić information content (AvgIpc) is 2.18. The van der Waals surface area contributed by atoms with Gasteiger partial charge in [-0.1, -0.05) is 11.6 Å². The van der Waals surface area contributed by atoms with Gasteiger partial charge in [0.2, 0.25) is 0 Å². The number of aliphatic carboxylic acids is 1. The summed E-state index contributed by atoms with van der Waals surface area (Å²) in [5.41, 5.74) is 0.180. The lowest BCUT2D eigenvalue weighted by Gasteiger charge is -2.10. The zero-order chi connectivity index (χ0) is 11.4. The van der Waals surface area contributed by atoms with Gasteiger partial charge >= 0.3 is 0 Å². The Balaban J connectivity index is 2.97. The van der Waals surface area contributed by atoms with Gasteiger partial charge in [0.15, 0.2) is 0 Å². The molecule has 15 heavy (non-hydrogen) atoms. The van der Waals surface area contributed by atoms with Crippen LogP contribution in [0.15, 0.2) is 18.2 Å². The van der Waals surface area contributed by atoms with Gasteiger partial charge in [-0.05, 0) is 18.2 Å². The van der Waals surface area contributed by atoms with Crippen molar-refractivity contribution in [3.05, 3.63) is 23.2 Å². The third-order valence-corrected chi connectivity index (χ3v) is 1.83. The third kappa shape index (κ3) is 2.85. The number of amides is 1.